The summed E-state index contributed by atoms with van der Waals surface area (Å²) in [5.41, 5.74) is 0. The van der Waals surface area contributed by atoms with Crippen LogP contribution in [0.15, 0.2) is 6.20 Å². The highest BCUT2D eigenvalue weighted by atomic mass is 32.1. The number of nitrogens with one attached hydrogen (secondary N) is 2. The molecular formula is C15H23N3OS. The Morgan fingerprint density at radius 3 is 2.80 bits per heavy atom. The highest BCUT2D eigenvalue weighted by Crippen LogP contribution is 2.32. The minimum Gasteiger partial charge on any atom is -0.347 e. The molecule has 4 nitrogen and oxygen atoms in total. The summed E-state index contributed by atoms with van der Waals surface area (Å²) in [5, 5.41) is 7.72. The fraction of sp³-hybridized carbons (Fsp3) is 0.733. The Morgan fingerprint density at radius 1 is 1.50 bits per heavy atom. The van der Waals surface area contributed by atoms with Crippen molar-refractivity contribution in [2.24, 2.45) is 5.92 Å². The molecule has 0 spiro atoms. The van der Waals surface area contributed by atoms with Crippen molar-refractivity contribution in [1.29, 1.82) is 0 Å². The van der Waals surface area contributed by atoms with Crippen molar-refractivity contribution in [3.63, 3.8) is 0 Å². The Balaban J connectivity index is 1.49. The summed E-state index contributed by atoms with van der Waals surface area (Å²) in [4.78, 5) is 17.7. The van der Waals surface area contributed by atoms with Crippen molar-refractivity contribution in [2.75, 3.05) is 0 Å². The van der Waals surface area contributed by atoms with Crippen LogP contribution in [-0.4, -0.2) is 23.0 Å². The molecule has 2 aliphatic rings. The molecule has 0 saturated carbocycles. The van der Waals surface area contributed by atoms with E-state index >= 15 is 0 Å². The van der Waals surface area contributed by atoms with Crippen LogP contribution in [0.1, 0.15) is 55.0 Å². The topological polar surface area (TPSA) is 54.0 Å². The van der Waals surface area contributed by atoms with Crippen LogP contribution >= 0.6 is 11.3 Å². The largest absolute Gasteiger partial charge is 0.347 e. The highest BCUT2D eigenvalue weighted by molar-refractivity contribution is 7.11. The summed E-state index contributed by atoms with van der Waals surface area (Å²) in [5.74, 6) is 0.732. The van der Waals surface area contributed by atoms with Gasteiger partial charge in [-0.2, -0.15) is 0 Å². The third-order valence-electron chi connectivity index (χ3n) is 4.43. The van der Waals surface area contributed by atoms with E-state index in [1.54, 1.807) is 11.3 Å². The van der Waals surface area contributed by atoms with Crippen LogP contribution in [0.3, 0.4) is 0 Å². The van der Waals surface area contributed by atoms with E-state index in [0.29, 0.717) is 24.4 Å². The molecule has 2 saturated heterocycles. The normalized spacial score (nSPS) is 30.2. The minimum absolute atomic E-state index is 0.0274. The maximum Gasteiger partial charge on any atom is 0.220 e. The van der Waals surface area contributed by atoms with E-state index in [-0.39, 0.29) is 11.9 Å². The van der Waals surface area contributed by atoms with Gasteiger partial charge in [0.1, 0.15) is 5.01 Å². The van der Waals surface area contributed by atoms with Gasteiger partial charge in [0.05, 0.1) is 6.04 Å². The summed E-state index contributed by atoms with van der Waals surface area (Å²) < 4.78 is 0. The van der Waals surface area contributed by atoms with Gasteiger partial charge in [0.15, 0.2) is 0 Å². The molecular weight excluding hydrogens is 270 g/mol. The zero-order valence-corrected chi connectivity index (χ0v) is 13.0. The molecule has 110 valence electrons. The first-order valence-corrected chi connectivity index (χ1v) is 8.39. The summed E-state index contributed by atoms with van der Waals surface area (Å²) in [6, 6.07) is 1.34. The molecule has 2 N–H and O–H groups in total. The van der Waals surface area contributed by atoms with Crippen LogP contribution < -0.4 is 10.6 Å². The van der Waals surface area contributed by atoms with Crippen molar-refractivity contribution in [2.45, 2.75) is 64.1 Å². The number of hydrogen-bond donors (Lipinski definition) is 2. The van der Waals surface area contributed by atoms with Gasteiger partial charge < -0.3 is 10.6 Å². The van der Waals surface area contributed by atoms with E-state index in [9.17, 15) is 4.79 Å². The van der Waals surface area contributed by atoms with Crippen molar-refractivity contribution in [3.05, 3.63) is 16.1 Å². The molecule has 1 aromatic heterocycles. The lowest BCUT2D eigenvalue weighted by atomic mass is 9.89. The zero-order valence-electron chi connectivity index (χ0n) is 12.2. The molecule has 1 amide bonds. The van der Waals surface area contributed by atoms with Crippen molar-refractivity contribution >= 4 is 17.2 Å². The van der Waals surface area contributed by atoms with Crippen LogP contribution in [0, 0.1) is 12.8 Å². The van der Waals surface area contributed by atoms with Crippen LogP contribution in [0.4, 0.5) is 0 Å². The first kappa shape index (κ1) is 14.0. The van der Waals surface area contributed by atoms with Gasteiger partial charge >= 0.3 is 0 Å². The number of aryl methyl sites for hydroxylation is 1. The van der Waals surface area contributed by atoms with E-state index in [1.807, 2.05) is 20.0 Å². The lowest BCUT2D eigenvalue weighted by Gasteiger charge is -2.28. The first-order valence-electron chi connectivity index (χ1n) is 7.58. The first-order chi connectivity index (χ1) is 9.60. The van der Waals surface area contributed by atoms with Crippen molar-refractivity contribution in [3.8, 4) is 0 Å². The fourth-order valence-corrected chi connectivity index (χ4v) is 4.31. The molecule has 2 aliphatic heterocycles. The van der Waals surface area contributed by atoms with E-state index < -0.39 is 0 Å². The van der Waals surface area contributed by atoms with Gasteiger partial charge in [-0.15, -0.1) is 11.3 Å². The fourth-order valence-electron chi connectivity index (χ4n) is 3.54. The average molecular weight is 293 g/mol. The van der Waals surface area contributed by atoms with Gasteiger partial charge in [-0.3, -0.25) is 4.79 Å². The third-order valence-corrected chi connectivity index (χ3v) is 5.53. The molecule has 3 heterocycles. The number of thiazole rings is 1. The number of aromatic nitrogens is 1. The Morgan fingerprint density at radius 2 is 2.20 bits per heavy atom. The lowest BCUT2D eigenvalue weighted by Crippen LogP contribution is -2.40. The molecule has 0 radical (unpaired) electrons. The number of hydrogen-bond acceptors (Lipinski definition) is 4. The maximum absolute atomic E-state index is 12.2. The summed E-state index contributed by atoms with van der Waals surface area (Å²) in [7, 11) is 0. The van der Waals surface area contributed by atoms with Crippen LogP contribution in [0.5, 0.6) is 0 Å². The second kappa shape index (κ2) is 5.82. The van der Waals surface area contributed by atoms with Crippen LogP contribution in [0.25, 0.3) is 0 Å². The molecule has 2 bridgehead atoms. The molecule has 1 aromatic rings. The predicted octanol–water partition coefficient (Wildman–Crippen LogP) is 2.55. The minimum atomic E-state index is 0.0274. The quantitative estimate of drug-likeness (QED) is 0.897. The van der Waals surface area contributed by atoms with Crippen LogP contribution in [-0.2, 0) is 4.79 Å². The van der Waals surface area contributed by atoms with E-state index in [1.165, 1.54) is 17.7 Å². The summed E-state index contributed by atoms with van der Waals surface area (Å²) >= 11 is 1.66. The number of amides is 1. The Kier molecular flexibility index (Phi) is 4.08. The summed E-state index contributed by atoms with van der Waals surface area (Å²) in [6.45, 7) is 4.06. The van der Waals surface area contributed by atoms with E-state index in [2.05, 4.69) is 15.6 Å². The zero-order chi connectivity index (χ0) is 14.1. The molecule has 3 unspecified atom stereocenters. The van der Waals surface area contributed by atoms with Crippen LogP contribution in [0.2, 0.25) is 0 Å². The second-order valence-corrected chi connectivity index (χ2v) is 7.54. The SMILES string of the molecule is Cc1cnc(C(C)NC(=O)CC2CC3CCC(C2)N3)s1. The predicted molar refractivity (Wildman–Crippen MR) is 80.7 cm³/mol. The van der Waals surface area contributed by atoms with Gasteiger partial charge in [0, 0.05) is 29.6 Å². The van der Waals surface area contributed by atoms with Gasteiger partial charge in [-0.1, -0.05) is 0 Å². The molecule has 0 aromatic carbocycles. The molecule has 5 heteroatoms. The van der Waals surface area contributed by atoms with Gasteiger partial charge in [-0.25, -0.2) is 4.98 Å². The number of nitrogens with zero attached hydrogens (tertiary/aromatic N) is 1. The summed E-state index contributed by atoms with van der Waals surface area (Å²) in [6.07, 6.45) is 7.44. The van der Waals surface area contributed by atoms with E-state index in [4.69, 9.17) is 0 Å². The average Bonchev–Trinajstić information content (AvgIpc) is 2.95. The maximum atomic E-state index is 12.2. The molecule has 0 aliphatic carbocycles. The Hall–Kier alpha value is -0.940. The third kappa shape index (κ3) is 3.20. The van der Waals surface area contributed by atoms with Gasteiger partial charge in [0.25, 0.3) is 0 Å². The number of piperidine rings is 1. The number of rotatable bonds is 4. The molecule has 3 rings (SSSR count). The standard InChI is InChI=1S/C15H23N3OS/c1-9-8-16-15(20-9)10(2)17-14(19)7-11-5-12-3-4-13(6-11)18-12/h8,10-13,18H,3-7H2,1-2H3,(H,17,19). The lowest BCUT2D eigenvalue weighted by molar-refractivity contribution is -0.122. The Bertz CT molecular complexity index is 475. The highest BCUT2D eigenvalue weighted by Gasteiger charge is 2.34. The van der Waals surface area contributed by atoms with Crippen molar-refractivity contribution in [1.82, 2.24) is 15.6 Å². The molecule has 20 heavy (non-hydrogen) atoms. The molecule has 3 atom stereocenters. The number of carbonyl (C=O) groups is 1. The smallest absolute Gasteiger partial charge is 0.220 e. The van der Waals surface area contributed by atoms with Gasteiger partial charge in [0.2, 0.25) is 5.91 Å². The monoisotopic (exact) mass is 293 g/mol. The second-order valence-electron chi connectivity index (χ2n) is 6.28. The van der Waals surface area contributed by atoms with Gasteiger partial charge in [-0.05, 0) is 45.4 Å². The molecule has 2 fully saturated rings. The van der Waals surface area contributed by atoms with E-state index in [0.717, 1.165) is 17.8 Å². The van der Waals surface area contributed by atoms with Crippen molar-refractivity contribution < 1.29 is 4.79 Å². The number of fused-ring (bicyclic) bond motifs is 2. The number of carbonyl (C=O) groups excluding carboxylic acids is 1. The Labute approximate surface area is 124 Å².